The molecule has 210 valence electrons. The van der Waals surface area contributed by atoms with Crippen LogP contribution in [0.2, 0.25) is 0 Å². The lowest BCUT2D eigenvalue weighted by Crippen LogP contribution is -2.81. The van der Waals surface area contributed by atoms with E-state index in [2.05, 4.69) is 26.3 Å². The van der Waals surface area contributed by atoms with E-state index in [4.69, 9.17) is 9.47 Å². The molecule has 4 saturated carbocycles. The number of rotatable bonds is 7. The minimum absolute atomic E-state index is 0.0559. The van der Waals surface area contributed by atoms with E-state index in [9.17, 15) is 19.8 Å². The van der Waals surface area contributed by atoms with Gasteiger partial charge in [-0.25, -0.2) is 14.8 Å². The summed E-state index contributed by atoms with van der Waals surface area (Å²) < 4.78 is 13.3. The van der Waals surface area contributed by atoms with Crippen molar-refractivity contribution in [2.45, 2.75) is 68.1 Å². The van der Waals surface area contributed by atoms with Crippen LogP contribution in [0.3, 0.4) is 0 Å². The Labute approximate surface area is 232 Å². The summed E-state index contributed by atoms with van der Waals surface area (Å²) in [6.07, 6.45) is 9.54. The summed E-state index contributed by atoms with van der Waals surface area (Å²) >= 11 is 0. The molecular weight excluding hydrogens is 512 g/mol. The highest BCUT2D eigenvalue weighted by Crippen LogP contribution is 2.76. The number of carboxylic acid groups (broad SMARTS) is 1. The van der Waals surface area contributed by atoms with E-state index in [0.717, 1.165) is 51.1 Å². The summed E-state index contributed by atoms with van der Waals surface area (Å²) in [5, 5.41) is 23.5. The van der Waals surface area contributed by atoms with Gasteiger partial charge in [0.05, 0.1) is 0 Å². The molecule has 3 N–H and O–H groups in total. The number of amides is 1. The second-order valence-electron chi connectivity index (χ2n) is 12.8. The van der Waals surface area contributed by atoms with E-state index in [1.54, 1.807) is 13.2 Å². The van der Waals surface area contributed by atoms with E-state index in [1.807, 2.05) is 0 Å². The number of aromatic hydroxyl groups is 1. The number of piperidine rings is 1. The normalized spacial score (nSPS) is 36.6. The first kappa shape index (κ1) is 24.5. The molecule has 6 atom stereocenters. The molecule has 10 heteroatoms. The van der Waals surface area contributed by atoms with Crippen molar-refractivity contribution >= 4 is 11.9 Å². The Kier molecular flexibility index (Phi) is 5.01. The molecule has 9 rings (SSSR count). The van der Waals surface area contributed by atoms with Crippen molar-refractivity contribution in [2.75, 3.05) is 26.7 Å². The van der Waals surface area contributed by atoms with Crippen LogP contribution in [-0.2, 0) is 16.6 Å². The van der Waals surface area contributed by atoms with Gasteiger partial charge in [0.2, 0.25) is 0 Å². The molecular formula is C30H34N4O6. The first-order chi connectivity index (χ1) is 19.3. The fourth-order valence-electron chi connectivity index (χ4n) is 9.75. The number of ether oxygens (including phenoxy) is 2. The molecule has 1 aromatic carbocycles. The molecule has 0 unspecified atom stereocenters. The van der Waals surface area contributed by atoms with Crippen molar-refractivity contribution in [3.05, 3.63) is 47.0 Å². The smallest absolute Gasteiger partial charge is 0.356 e. The maximum atomic E-state index is 13.2. The molecule has 4 bridgehead atoms. The standard InChI is InChI=1S/C30H34N4O6/c1-39-30-7-6-28(13-18(30)14-33-25(36)22-23(26(37)38)32-10-9-31-22)20-12-17-4-5-19(35)24-21(17)29(28,27(30)40-24)8-11-34(20)15-16-2-3-16/h4-5,9-10,16,18,20,27,35H,2-3,6-8,11-15H2,1H3,(H,33,36)(H,37,38)/t18-,20-,27-,28-,29+,30-/m1/s1. The first-order valence-electron chi connectivity index (χ1n) is 14.5. The van der Waals surface area contributed by atoms with E-state index in [1.165, 1.54) is 36.4 Å². The summed E-state index contributed by atoms with van der Waals surface area (Å²) in [5.74, 6) is -0.299. The number of hydrogen-bond donors (Lipinski definition) is 3. The number of carbonyl (C=O) groups excluding carboxylic acids is 1. The summed E-state index contributed by atoms with van der Waals surface area (Å²) in [4.78, 5) is 35.5. The van der Waals surface area contributed by atoms with Crippen molar-refractivity contribution in [2.24, 2.45) is 17.3 Å². The average Bonchev–Trinajstić information content (AvgIpc) is 3.71. The number of phenols is 1. The molecule has 7 aliphatic rings. The zero-order chi connectivity index (χ0) is 27.4. The van der Waals surface area contributed by atoms with Gasteiger partial charge < -0.3 is 25.0 Å². The molecule has 1 aromatic heterocycles. The maximum absolute atomic E-state index is 13.2. The monoisotopic (exact) mass is 546 g/mol. The van der Waals surface area contributed by atoms with Gasteiger partial charge >= 0.3 is 5.97 Å². The number of aromatic carboxylic acids is 1. The third kappa shape index (κ3) is 2.91. The number of benzene rings is 1. The largest absolute Gasteiger partial charge is 0.504 e. The minimum atomic E-state index is -1.29. The molecule has 40 heavy (non-hydrogen) atoms. The fraction of sp³-hybridized carbons (Fsp3) is 0.600. The highest BCUT2D eigenvalue weighted by atomic mass is 16.6. The Balaban J connectivity index is 1.20. The van der Waals surface area contributed by atoms with Crippen LogP contribution in [0.1, 0.15) is 70.6 Å². The van der Waals surface area contributed by atoms with Gasteiger partial charge in [-0.05, 0) is 69.0 Å². The minimum Gasteiger partial charge on any atom is -0.504 e. The number of nitrogens with one attached hydrogen (secondary N) is 1. The number of nitrogens with zero attached hydrogens (tertiary/aromatic N) is 3. The molecule has 2 spiro atoms. The molecule has 5 fully saturated rings. The third-order valence-corrected chi connectivity index (χ3v) is 11.4. The SMILES string of the molecule is CO[C@]12CC[C@@]3(C[C@@H]1CNC(=O)c1nccnc1C(=O)O)[C@H]1Cc4ccc(O)c5c4[C@@]3(CCN1CC1CC1)[C@H]2O5. The number of aromatic nitrogens is 2. The van der Waals surface area contributed by atoms with Crippen molar-refractivity contribution in [1.82, 2.24) is 20.2 Å². The molecule has 2 aliphatic heterocycles. The van der Waals surface area contributed by atoms with Gasteiger partial charge in [-0.1, -0.05) is 6.07 Å². The van der Waals surface area contributed by atoms with Crippen molar-refractivity contribution in [3.63, 3.8) is 0 Å². The van der Waals surface area contributed by atoms with Gasteiger partial charge in [-0.2, -0.15) is 0 Å². The molecule has 5 aliphatic carbocycles. The van der Waals surface area contributed by atoms with Crippen LogP contribution in [0, 0.1) is 17.3 Å². The second-order valence-corrected chi connectivity index (χ2v) is 12.8. The zero-order valence-electron chi connectivity index (χ0n) is 22.6. The summed E-state index contributed by atoms with van der Waals surface area (Å²) in [5.41, 5.74) is 0.977. The molecule has 3 heterocycles. The Hall–Kier alpha value is -3.24. The van der Waals surface area contributed by atoms with Gasteiger partial charge in [0, 0.05) is 60.9 Å². The quantitative estimate of drug-likeness (QED) is 0.479. The lowest BCUT2D eigenvalue weighted by Gasteiger charge is -2.74. The van der Waals surface area contributed by atoms with Crippen LogP contribution in [0.25, 0.3) is 0 Å². The third-order valence-electron chi connectivity index (χ3n) is 11.4. The molecule has 0 radical (unpaired) electrons. The number of phenolic OH excluding ortho intramolecular Hbond substituents is 1. The number of likely N-dealkylation sites (tertiary alicyclic amines) is 1. The second kappa shape index (κ2) is 8.16. The number of fused-ring (bicyclic) bond motifs is 2. The Morgan fingerprint density at radius 2 is 1.98 bits per heavy atom. The number of methoxy groups -OCH3 is 1. The lowest BCUT2D eigenvalue weighted by molar-refractivity contribution is -0.275. The summed E-state index contributed by atoms with van der Waals surface area (Å²) in [7, 11) is 1.74. The first-order valence-corrected chi connectivity index (χ1v) is 14.5. The van der Waals surface area contributed by atoms with E-state index in [-0.39, 0.29) is 40.0 Å². The Morgan fingerprint density at radius 1 is 1.18 bits per heavy atom. The van der Waals surface area contributed by atoms with Gasteiger partial charge in [0.1, 0.15) is 11.7 Å². The topological polar surface area (TPSA) is 134 Å². The van der Waals surface area contributed by atoms with Gasteiger partial charge in [0.25, 0.3) is 5.91 Å². The van der Waals surface area contributed by atoms with Crippen molar-refractivity contribution in [1.29, 1.82) is 0 Å². The molecule has 10 nitrogen and oxygen atoms in total. The van der Waals surface area contributed by atoms with Crippen LogP contribution >= 0.6 is 0 Å². The summed E-state index contributed by atoms with van der Waals surface area (Å²) in [6.45, 7) is 2.46. The average molecular weight is 547 g/mol. The fourth-order valence-corrected chi connectivity index (χ4v) is 9.75. The number of carboxylic acids is 1. The Morgan fingerprint density at radius 3 is 2.73 bits per heavy atom. The van der Waals surface area contributed by atoms with Gasteiger partial charge in [-0.3, -0.25) is 9.69 Å². The van der Waals surface area contributed by atoms with E-state index in [0.29, 0.717) is 18.3 Å². The highest BCUT2D eigenvalue weighted by Gasteiger charge is 2.80. The van der Waals surface area contributed by atoms with Crippen LogP contribution in [0.5, 0.6) is 11.5 Å². The van der Waals surface area contributed by atoms with Crippen molar-refractivity contribution in [3.8, 4) is 11.5 Å². The Bertz CT molecular complexity index is 1450. The zero-order valence-corrected chi connectivity index (χ0v) is 22.6. The van der Waals surface area contributed by atoms with Crippen LogP contribution in [0.4, 0.5) is 0 Å². The van der Waals surface area contributed by atoms with E-state index >= 15 is 0 Å². The lowest BCUT2D eigenvalue weighted by atomic mass is 9.35. The number of carbonyl (C=O) groups is 2. The predicted molar refractivity (Wildman–Crippen MR) is 141 cm³/mol. The van der Waals surface area contributed by atoms with Gasteiger partial charge in [-0.15, -0.1) is 0 Å². The molecule has 2 aromatic rings. The van der Waals surface area contributed by atoms with Crippen molar-refractivity contribution < 1.29 is 29.3 Å². The summed E-state index contributed by atoms with van der Waals surface area (Å²) in [6, 6.07) is 4.24. The molecule has 1 saturated heterocycles. The van der Waals surface area contributed by atoms with Gasteiger partial charge in [0.15, 0.2) is 22.9 Å². The van der Waals surface area contributed by atoms with Crippen LogP contribution in [-0.4, -0.2) is 81.4 Å². The molecule has 1 amide bonds. The predicted octanol–water partition coefficient (Wildman–Crippen LogP) is 2.53. The maximum Gasteiger partial charge on any atom is 0.356 e. The van der Waals surface area contributed by atoms with Crippen LogP contribution < -0.4 is 10.1 Å². The number of hydrogen-bond acceptors (Lipinski definition) is 8. The highest BCUT2D eigenvalue weighted by molar-refractivity contribution is 6.01. The van der Waals surface area contributed by atoms with Crippen LogP contribution in [0.15, 0.2) is 24.5 Å². The van der Waals surface area contributed by atoms with E-state index < -0.39 is 17.5 Å².